The Kier molecular flexibility index (Phi) is 9.02. The molecular formula is C32H22N2S4. The van der Waals surface area contributed by atoms with Crippen molar-refractivity contribution in [3.8, 4) is 12.1 Å². The zero-order valence-electron chi connectivity index (χ0n) is 20.2. The Labute approximate surface area is 240 Å². The van der Waals surface area contributed by atoms with Gasteiger partial charge in [-0.2, -0.15) is 10.5 Å². The molecule has 5 rings (SSSR count). The molecule has 0 N–H and O–H groups in total. The number of hydrogen-bond acceptors (Lipinski definition) is 6. The molecule has 0 aliphatic heterocycles. The lowest BCUT2D eigenvalue weighted by molar-refractivity contribution is 0.671. The van der Waals surface area contributed by atoms with E-state index in [1.165, 1.54) is 0 Å². The van der Waals surface area contributed by atoms with Gasteiger partial charge in [0, 0.05) is 39.2 Å². The van der Waals surface area contributed by atoms with Crippen LogP contribution < -0.4 is 0 Å². The minimum Gasteiger partial charge on any atom is -0.198 e. The highest BCUT2D eigenvalue weighted by Gasteiger charge is 2.40. The van der Waals surface area contributed by atoms with Gasteiger partial charge in [-0.05, 0) is 48.5 Å². The van der Waals surface area contributed by atoms with E-state index in [1.807, 2.05) is 72.8 Å². The molecule has 0 saturated heterocycles. The third-order valence-electron chi connectivity index (χ3n) is 5.70. The number of hydrogen-bond donors (Lipinski definition) is 0. The Morgan fingerprint density at radius 3 is 0.921 bits per heavy atom. The van der Waals surface area contributed by atoms with E-state index in [-0.39, 0.29) is 0 Å². The molecule has 2 unspecified atom stereocenters. The smallest absolute Gasteiger partial charge is 0.0991 e. The molecule has 2 nitrogen and oxygen atoms in total. The molecule has 0 bridgehead atoms. The second-order valence-electron chi connectivity index (χ2n) is 8.26. The SMILES string of the molecule is N#CC1C(Sc2ccccc2)=C(Sc2ccccc2)C(Sc2ccccc2)=C(Sc2ccccc2)C1C#N. The summed E-state index contributed by atoms with van der Waals surface area (Å²) in [6, 6.07) is 45.8. The van der Waals surface area contributed by atoms with Crippen molar-refractivity contribution >= 4 is 47.0 Å². The maximum absolute atomic E-state index is 10.5. The van der Waals surface area contributed by atoms with E-state index in [2.05, 4.69) is 60.7 Å². The highest BCUT2D eigenvalue weighted by Crippen LogP contribution is 2.57. The number of allylic oxidation sites excluding steroid dienone is 2. The molecule has 184 valence electrons. The Balaban J connectivity index is 1.74. The maximum atomic E-state index is 10.5. The summed E-state index contributed by atoms with van der Waals surface area (Å²) in [4.78, 5) is 8.21. The van der Waals surface area contributed by atoms with Crippen LogP contribution in [0.2, 0.25) is 0 Å². The fourth-order valence-electron chi connectivity index (χ4n) is 3.93. The summed E-state index contributed by atoms with van der Waals surface area (Å²) in [5.41, 5.74) is 0. The molecule has 0 radical (unpaired) electrons. The van der Waals surface area contributed by atoms with E-state index in [1.54, 1.807) is 47.0 Å². The monoisotopic (exact) mass is 562 g/mol. The first-order chi connectivity index (χ1) is 18.8. The quantitative estimate of drug-likeness (QED) is 0.213. The fourth-order valence-corrected chi connectivity index (χ4v) is 8.84. The zero-order chi connectivity index (χ0) is 26.2. The third kappa shape index (κ3) is 6.23. The predicted octanol–water partition coefficient (Wildman–Crippen LogP) is 9.87. The Morgan fingerprint density at radius 1 is 0.395 bits per heavy atom. The summed E-state index contributed by atoms with van der Waals surface area (Å²) in [5, 5.41) is 21.0. The van der Waals surface area contributed by atoms with Gasteiger partial charge in [-0.3, -0.25) is 0 Å². The largest absolute Gasteiger partial charge is 0.198 e. The molecular weight excluding hydrogens is 541 g/mol. The molecule has 0 fully saturated rings. The van der Waals surface area contributed by atoms with Crippen LogP contribution in [0, 0.1) is 34.5 Å². The minimum absolute atomic E-state index is 0.581. The molecule has 1 aliphatic carbocycles. The molecule has 4 aromatic rings. The van der Waals surface area contributed by atoms with Gasteiger partial charge in [-0.25, -0.2) is 0 Å². The average Bonchev–Trinajstić information content (AvgIpc) is 2.98. The van der Waals surface area contributed by atoms with Gasteiger partial charge >= 0.3 is 0 Å². The first-order valence-corrected chi connectivity index (χ1v) is 15.2. The van der Waals surface area contributed by atoms with Crippen LogP contribution >= 0.6 is 47.0 Å². The first-order valence-electron chi connectivity index (χ1n) is 12.0. The molecule has 6 heteroatoms. The van der Waals surface area contributed by atoms with Crippen LogP contribution in [0.25, 0.3) is 0 Å². The van der Waals surface area contributed by atoms with Gasteiger partial charge in [0.15, 0.2) is 0 Å². The second-order valence-corrected chi connectivity index (χ2v) is 12.7. The number of rotatable bonds is 8. The lowest BCUT2D eigenvalue weighted by Gasteiger charge is -2.31. The van der Waals surface area contributed by atoms with Gasteiger partial charge in [-0.15, -0.1) is 0 Å². The third-order valence-corrected chi connectivity index (χ3v) is 10.7. The van der Waals surface area contributed by atoms with Crippen molar-refractivity contribution in [2.75, 3.05) is 0 Å². The summed E-state index contributed by atoms with van der Waals surface area (Å²) in [5.74, 6) is -1.16. The molecule has 0 saturated carbocycles. The summed E-state index contributed by atoms with van der Waals surface area (Å²) in [6.45, 7) is 0. The van der Waals surface area contributed by atoms with Gasteiger partial charge in [0.05, 0.1) is 24.0 Å². The number of nitriles is 2. The van der Waals surface area contributed by atoms with Crippen LogP contribution in [0.4, 0.5) is 0 Å². The fraction of sp³-hybridized carbons (Fsp3) is 0.0625. The molecule has 1 aliphatic rings. The molecule has 2 atom stereocenters. The molecule has 0 heterocycles. The maximum Gasteiger partial charge on any atom is 0.0991 e. The molecule has 38 heavy (non-hydrogen) atoms. The van der Waals surface area contributed by atoms with Gasteiger partial charge in [0.1, 0.15) is 0 Å². The Bertz CT molecular complexity index is 1400. The first kappa shape index (κ1) is 26.4. The van der Waals surface area contributed by atoms with Gasteiger partial charge in [-0.1, -0.05) is 120 Å². The summed E-state index contributed by atoms with van der Waals surface area (Å²) < 4.78 is 0. The minimum atomic E-state index is -0.581. The zero-order valence-corrected chi connectivity index (χ0v) is 23.5. The van der Waals surface area contributed by atoms with Crippen LogP contribution in [-0.4, -0.2) is 0 Å². The van der Waals surface area contributed by atoms with Crippen molar-refractivity contribution < 1.29 is 0 Å². The Morgan fingerprint density at radius 2 is 0.658 bits per heavy atom. The van der Waals surface area contributed by atoms with Gasteiger partial charge in [0.2, 0.25) is 0 Å². The van der Waals surface area contributed by atoms with E-state index in [9.17, 15) is 10.5 Å². The normalized spacial score (nSPS) is 17.1. The van der Waals surface area contributed by atoms with E-state index in [0.29, 0.717) is 0 Å². The number of thioether (sulfide) groups is 4. The predicted molar refractivity (Wildman–Crippen MR) is 161 cm³/mol. The van der Waals surface area contributed by atoms with Crippen LogP contribution in [-0.2, 0) is 0 Å². The van der Waals surface area contributed by atoms with Gasteiger partial charge < -0.3 is 0 Å². The number of benzene rings is 4. The van der Waals surface area contributed by atoms with Crippen molar-refractivity contribution in [3.63, 3.8) is 0 Å². The van der Waals surface area contributed by atoms with Crippen molar-refractivity contribution in [1.82, 2.24) is 0 Å². The summed E-state index contributed by atoms with van der Waals surface area (Å²) in [7, 11) is 0. The molecule has 0 amide bonds. The van der Waals surface area contributed by atoms with E-state index >= 15 is 0 Å². The van der Waals surface area contributed by atoms with Crippen molar-refractivity contribution in [2.24, 2.45) is 11.8 Å². The summed E-state index contributed by atoms with van der Waals surface area (Å²) in [6.07, 6.45) is 0. The van der Waals surface area contributed by atoms with E-state index in [0.717, 1.165) is 39.2 Å². The standard InChI is InChI=1S/C32H22N2S4/c33-21-27-28(22-34)30(36-24-15-7-2-8-16-24)32(38-26-19-11-4-12-20-26)31(37-25-17-9-3-10-18-25)29(27)35-23-13-5-1-6-14-23/h1-20,27-28H. The molecule has 4 aromatic carbocycles. The highest BCUT2D eigenvalue weighted by atomic mass is 32.2. The number of nitrogens with zero attached hydrogens (tertiary/aromatic N) is 2. The average molecular weight is 563 g/mol. The van der Waals surface area contributed by atoms with Crippen LogP contribution in [0.5, 0.6) is 0 Å². The van der Waals surface area contributed by atoms with Crippen molar-refractivity contribution in [1.29, 1.82) is 10.5 Å². The van der Waals surface area contributed by atoms with E-state index in [4.69, 9.17) is 0 Å². The van der Waals surface area contributed by atoms with Crippen LogP contribution in [0.3, 0.4) is 0 Å². The van der Waals surface area contributed by atoms with E-state index < -0.39 is 11.8 Å². The molecule has 0 spiro atoms. The highest BCUT2D eigenvalue weighted by molar-refractivity contribution is 8.11. The lowest BCUT2D eigenvalue weighted by Crippen LogP contribution is -2.21. The van der Waals surface area contributed by atoms with Crippen molar-refractivity contribution in [3.05, 3.63) is 141 Å². The molecule has 0 aromatic heterocycles. The lowest BCUT2D eigenvalue weighted by atomic mass is 9.90. The second kappa shape index (κ2) is 13.0. The topological polar surface area (TPSA) is 47.6 Å². The summed E-state index contributed by atoms with van der Waals surface area (Å²) >= 11 is 6.53. The Hall–Kier alpha value is -3.26. The van der Waals surface area contributed by atoms with Crippen LogP contribution in [0.1, 0.15) is 0 Å². The van der Waals surface area contributed by atoms with Gasteiger partial charge in [0.25, 0.3) is 0 Å². The van der Waals surface area contributed by atoms with Crippen molar-refractivity contribution in [2.45, 2.75) is 19.6 Å². The van der Waals surface area contributed by atoms with Crippen LogP contribution in [0.15, 0.2) is 161 Å².